The Morgan fingerprint density at radius 1 is 1.24 bits per heavy atom. The molecule has 2 N–H and O–H groups in total. The van der Waals surface area contributed by atoms with Crippen molar-refractivity contribution in [2.24, 2.45) is 17.3 Å². The third-order valence-corrected chi connectivity index (χ3v) is 5.48. The highest BCUT2D eigenvalue weighted by molar-refractivity contribution is 5.09. The summed E-state index contributed by atoms with van der Waals surface area (Å²) in [6.07, 6.45) is 4.30. The molecule has 0 unspecified atom stereocenters. The smallest absolute Gasteiger partial charge is 0.0655 e. The van der Waals surface area contributed by atoms with Crippen LogP contribution in [-0.2, 0) is 0 Å². The van der Waals surface area contributed by atoms with Gasteiger partial charge < -0.3 is 10.2 Å². The number of aliphatic hydroxyl groups is 2. The van der Waals surface area contributed by atoms with Crippen molar-refractivity contribution in [3.8, 4) is 0 Å². The van der Waals surface area contributed by atoms with Crippen molar-refractivity contribution in [3.05, 3.63) is 12.2 Å². The summed E-state index contributed by atoms with van der Waals surface area (Å²) in [5, 5.41) is 20.9. The van der Waals surface area contributed by atoms with Crippen LogP contribution in [-0.4, -0.2) is 21.9 Å². The van der Waals surface area contributed by atoms with Gasteiger partial charge in [0.05, 0.1) is 11.7 Å². The first kappa shape index (κ1) is 13.1. The van der Waals surface area contributed by atoms with Crippen molar-refractivity contribution in [1.29, 1.82) is 0 Å². The summed E-state index contributed by atoms with van der Waals surface area (Å²) in [6.45, 7) is 10.3. The van der Waals surface area contributed by atoms with E-state index in [-0.39, 0.29) is 17.4 Å². The highest BCUT2D eigenvalue weighted by Crippen LogP contribution is 2.56. The van der Waals surface area contributed by atoms with Crippen LogP contribution < -0.4 is 0 Å². The second-order valence-electron chi connectivity index (χ2n) is 6.79. The lowest BCUT2D eigenvalue weighted by atomic mass is 9.52. The molecule has 0 spiro atoms. The molecule has 5 atom stereocenters. The van der Waals surface area contributed by atoms with Crippen LogP contribution in [0.3, 0.4) is 0 Å². The molecule has 0 radical (unpaired) electrons. The molecule has 2 aliphatic carbocycles. The van der Waals surface area contributed by atoms with Crippen LogP contribution in [0, 0.1) is 17.3 Å². The summed E-state index contributed by atoms with van der Waals surface area (Å²) in [5.41, 5.74) is 0.499. The number of allylic oxidation sites excluding steroid dienone is 1. The number of fused-ring (bicyclic) bond motifs is 1. The van der Waals surface area contributed by atoms with E-state index in [1.807, 2.05) is 6.92 Å². The summed E-state index contributed by atoms with van der Waals surface area (Å²) in [6, 6.07) is 0. The minimum Gasteiger partial charge on any atom is -0.393 e. The molecular weight excluding hydrogens is 212 g/mol. The van der Waals surface area contributed by atoms with Gasteiger partial charge in [0, 0.05) is 0 Å². The highest BCUT2D eigenvalue weighted by atomic mass is 16.3. The molecule has 0 aliphatic heterocycles. The van der Waals surface area contributed by atoms with E-state index in [9.17, 15) is 10.2 Å². The quantitative estimate of drug-likeness (QED) is 0.690. The first-order valence-electron chi connectivity index (χ1n) is 6.83. The zero-order valence-corrected chi connectivity index (χ0v) is 11.4. The van der Waals surface area contributed by atoms with Gasteiger partial charge in [0.2, 0.25) is 0 Å². The van der Waals surface area contributed by atoms with E-state index in [0.717, 1.165) is 32.1 Å². The van der Waals surface area contributed by atoms with Crippen LogP contribution in [0.1, 0.15) is 52.9 Å². The standard InChI is InChI=1S/C15H26O2/c1-10(2)11-5-7-14(3)12(9-11)15(4,17)8-6-13(14)16/h11-13,16-17H,1,5-9H2,2-4H3/t11-,12-,13+,14-,15-/m1/s1. The molecule has 0 amide bonds. The van der Waals surface area contributed by atoms with Gasteiger partial charge in [0.15, 0.2) is 0 Å². The predicted molar refractivity (Wildman–Crippen MR) is 69.6 cm³/mol. The fourth-order valence-corrected chi connectivity index (χ4v) is 4.07. The molecule has 2 rings (SSSR count). The maximum Gasteiger partial charge on any atom is 0.0655 e. The Morgan fingerprint density at radius 2 is 1.88 bits per heavy atom. The van der Waals surface area contributed by atoms with E-state index in [1.165, 1.54) is 5.57 Å². The van der Waals surface area contributed by atoms with Gasteiger partial charge >= 0.3 is 0 Å². The first-order chi connectivity index (χ1) is 7.77. The molecule has 0 aromatic rings. The normalized spacial score (nSPS) is 50.8. The van der Waals surface area contributed by atoms with Crippen molar-refractivity contribution >= 4 is 0 Å². The molecule has 2 fully saturated rings. The van der Waals surface area contributed by atoms with Crippen molar-refractivity contribution in [2.75, 3.05) is 0 Å². The molecular formula is C15H26O2. The van der Waals surface area contributed by atoms with Crippen LogP contribution in [0.4, 0.5) is 0 Å². The summed E-state index contributed by atoms with van der Waals surface area (Å²) in [7, 11) is 0. The van der Waals surface area contributed by atoms with E-state index in [2.05, 4.69) is 20.4 Å². The zero-order chi connectivity index (χ0) is 12.8. The van der Waals surface area contributed by atoms with E-state index in [1.54, 1.807) is 0 Å². The molecule has 0 aromatic heterocycles. The van der Waals surface area contributed by atoms with Crippen LogP contribution in [0.2, 0.25) is 0 Å². The molecule has 2 heteroatoms. The number of aliphatic hydroxyl groups excluding tert-OH is 1. The summed E-state index contributed by atoms with van der Waals surface area (Å²) in [5.74, 6) is 0.721. The summed E-state index contributed by atoms with van der Waals surface area (Å²) >= 11 is 0. The van der Waals surface area contributed by atoms with E-state index in [0.29, 0.717) is 5.92 Å². The van der Waals surface area contributed by atoms with Crippen LogP contribution in [0.25, 0.3) is 0 Å². The second kappa shape index (κ2) is 4.10. The topological polar surface area (TPSA) is 40.5 Å². The average Bonchev–Trinajstić information content (AvgIpc) is 2.24. The monoisotopic (exact) mass is 238 g/mol. The first-order valence-corrected chi connectivity index (χ1v) is 6.83. The van der Waals surface area contributed by atoms with Gasteiger partial charge in [-0.25, -0.2) is 0 Å². The fourth-order valence-electron chi connectivity index (χ4n) is 4.07. The Bertz CT molecular complexity index is 321. The predicted octanol–water partition coefficient (Wildman–Crippen LogP) is 2.89. The van der Waals surface area contributed by atoms with Gasteiger partial charge in [0.1, 0.15) is 0 Å². The van der Waals surface area contributed by atoms with Crippen molar-refractivity contribution in [3.63, 3.8) is 0 Å². The number of hydrogen-bond donors (Lipinski definition) is 2. The van der Waals surface area contributed by atoms with Crippen LogP contribution in [0.5, 0.6) is 0 Å². The van der Waals surface area contributed by atoms with Crippen LogP contribution >= 0.6 is 0 Å². The molecule has 0 saturated heterocycles. The van der Waals surface area contributed by atoms with Gasteiger partial charge in [-0.1, -0.05) is 19.1 Å². The molecule has 0 aromatic carbocycles. The molecule has 2 aliphatic rings. The molecule has 17 heavy (non-hydrogen) atoms. The van der Waals surface area contributed by atoms with E-state index >= 15 is 0 Å². The zero-order valence-electron chi connectivity index (χ0n) is 11.4. The highest BCUT2D eigenvalue weighted by Gasteiger charge is 2.54. The van der Waals surface area contributed by atoms with Gasteiger partial charge in [-0.05, 0) is 63.2 Å². The number of hydrogen-bond acceptors (Lipinski definition) is 2. The van der Waals surface area contributed by atoms with Gasteiger partial charge in [-0.3, -0.25) is 0 Å². The molecule has 0 heterocycles. The van der Waals surface area contributed by atoms with Crippen molar-refractivity contribution in [1.82, 2.24) is 0 Å². The minimum atomic E-state index is -0.623. The van der Waals surface area contributed by atoms with Crippen LogP contribution in [0.15, 0.2) is 12.2 Å². The van der Waals surface area contributed by atoms with Gasteiger partial charge in [-0.2, -0.15) is 0 Å². The lowest BCUT2D eigenvalue weighted by Gasteiger charge is -2.56. The molecule has 2 saturated carbocycles. The molecule has 2 nitrogen and oxygen atoms in total. The maximum absolute atomic E-state index is 10.6. The summed E-state index contributed by atoms with van der Waals surface area (Å²) in [4.78, 5) is 0. The van der Waals surface area contributed by atoms with Crippen molar-refractivity contribution in [2.45, 2.75) is 64.6 Å². The van der Waals surface area contributed by atoms with Crippen molar-refractivity contribution < 1.29 is 10.2 Å². The number of rotatable bonds is 1. The lowest BCUT2D eigenvalue weighted by Crippen LogP contribution is -2.57. The van der Waals surface area contributed by atoms with E-state index < -0.39 is 5.60 Å². The SMILES string of the molecule is C=C(C)[C@@H]1CC[C@]2(C)[C@@H](C1)[C@](C)(O)CC[C@@H]2O. The Kier molecular flexibility index (Phi) is 3.16. The maximum atomic E-state index is 10.6. The Hall–Kier alpha value is -0.340. The van der Waals surface area contributed by atoms with Gasteiger partial charge in [0.25, 0.3) is 0 Å². The average molecular weight is 238 g/mol. The fraction of sp³-hybridized carbons (Fsp3) is 0.867. The Balaban J connectivity index is 2.27. The Morgan fingerprint density at radius 3 is 2.47 bits per heavy atom. The largest absolute Gasteiger partial charge is 0.393 e. The second-order valence-corrected chi connectivity index (χ2v) is 6.79. The minimum absolute atomic E-state index is 0.103. The molecule has 98 valence electrons. The van der Waals surface area contributed by atoms with Gasteiger partial charge in [-0.15, -0.1) is 0 Å². The van der Waals surface area contributed by atoms with E-state index in [4.69, 9.17) is 0 Å². The molecule has 0 bridgehead atoms. The third kappa shape index (κ3) is 2.06. The lowest BCUT2D eigenvalue weighted by molar-refractivity contribution is -0.171. The Labute approximate surface area is 105 Å². The third-order valence-electron chi connectivity index (χ3n) is 5.48. The summed E-state index contributed by atoms with van der Waals surface area (Å²) < 4.78 is 0.